The molecule has 0 aliphatic heterocycles. The van der Waals surface area contributed by atoms with Gasteiger partial charge in [0.2, 0.25) is 0 Å². The zero-order valence-electron chi connectivity index (χ0n) is 10.00. The molecule has 0 aliphatic carbocycles. The van der Waals surface area contributed by atoms with Crippen molar-refractivity contribution in [1.29, 1.82) is 0 Å². The highest BCUT2D eigenvalue weighted by atomic mass is 127. The van der Waals surface area contributed by atoms with Crippen LogP contribution in [-0.4, -0.2) is 12.4 Å². The van der Waals surface area contributed by atoms with E-state index >= 15 is 0 Å². The fourth-order valence-electron chi connectivity index (χ4n) is 1.48. The van der Waals surface area contributed by atoms with Gasteiger partial charge in [-0.1, -0.05) is 46.9 Å². The number of benzene rings is 2. The molecule has 2 aromatic rings. The van der Waals surface area contributed by atoms with E-state index in [1.807, 2.05) is 12.1 Å². The van der Waals surface area contributed by atoms with E-state index in [9.17, 15) is 4.79 Å². The molecule has 0 saturated carbocycles. The number of ketones is 1. The van der Waals surface area contributed by atoms with E-state index in [2.05, 4.69) is 22.6 Å². The van der Waals surface area contributed by atoms with E-state index in [4.69, 9.17) is 39.5 Å². The smallest absolute Gasteiger partial charge is 0.200 e. The van der Waals surface area contributed by atoms with Gasteiger partial charge in [-0.3, -0.25) is 4.79 Å². The third-order valence-corrected chi connectivity index (χ3v) is 4.24. The second kappa shape index (κ2) is 6.98. The highest BCUT2D eigenvalue weighted by molar-refractivity contribution is 14.1. The van der Waals surface area contributed by atoms with E-state index in [0.29, 0.717) is 26.4 Å². The average Bonchev–Trinajstić information content (AvgIpc) is 2.42. The molecule has 2 rings (SSSR count). The first-order chi connectivity index (χ1) is 9.47. The van der Waals surface area contributed by atoms with Gasteiger partial charge in [0.15, 0.2) is 12.4 Å². The highest BCUT2D eigenvalue weighted by Gasteiger charge is 2.11. The lowest BCUT2D eigenvalue weighted by Crippen LogP contribution is -2.11. The van der Waals surface area contributed by atoms with Crippen molar-refractivity contribution in [3.63, 3.8) is 0 Å². The van der Waals surface area contributed by atoms with Crippen molar-refractivity contribution in [1.82, 2.24) is 0 Å². The standard InChI is InChI=1S/C14H8Cl3IO2/c15-10-5-12(17)14(6-11(10)16)20-7-13(19)8-1-3-9(18)4-2-8/h1-6H,7H2. The lowest BCUT2D eigenvalue weighted by Gasteiger charge is -2.09. The molecule has 0 saturated heterocycles. The van der Waals surface area contributed by atoms with Crippen molar-refractivity contribution >= 4 is 63.2 Å². The number of carbonyl (C=O) groups excluding carboxylic acids is 1. The van der Waals surface area contributed by atoms with Crippen molar-refractivity contribution in [2.75, 3.05) is 6.61 Å². The Hall–Kier alpha value is -0.490. The van der Waals surface area contributed by atoms with Gasteiger partial charge in [0, 0.05) is 15.2 Å². The molecule has 0 radical (unpaired) electrons. The largest absolute Gasteiger partial charge is 0.484 e. The summed E-state index contributed by atoms with van der Waals surface area (Å²) in [6.07, 6.45) is 0. The molecule has 104 valence electrons. The van der Waals surface area contributed by atoms with Crippen LogP contribution in [0.15, 0.2) is 36.4 Å². The van der Waals surface area contributed by atoms with Gasteiger partial charge in [0.1, 0.15) is 5.75 Å². The van der Waals surface area contributed by atoms with Crippen LogP contribution >= 0.6 is 57.4 Å². The fourth-order valence-corrected chi connectivity index (χ4v) is 2.43. The molecule has 0 atom stereocenters. The first-order valence-corrected chi connectivity index (χ1v) is 7.75. The minimum absolute atomic E-state index is 0.113. The van der Waals surface area contributed by atoms with Gasteiger partial charge in [-0.05, 0) is 40.8 Å². The quantitative estimate of drug-likeness (QED) is 0.355. The number of rotatable bonds is 4. The Kier molecular flexibility index (Phi) is 5.55. The summed E-state index contributed by atoms with van der Waals surface area (Å²) in [6.45, 7) is -0.113. The van der Waals surface area contributed by atoms with Gasteiger partial charge in [-0.2, -0.15) is 0 Å². The molecule has 0 fully saturated rings. The monoisotopic (exact) mass is 440 g/mol. The number of hydrogen-bond acceptors (Lipinski definition) is 2. The van der Waals surface area contributed by atoms with Gasteiger partial charge in [-0.15, -0.1) is 0 Å². The summed E-state index contributed by atoms with van der Waals surface area (Å²) in [6, 6.07) is 10.2. The Morgan fingerprint density at radius 1 is 1.00 bits per heavy atom. The maximum absolute atomic E-state index is 12.0. The Morgan fingerprint density at radius 3 is 2.25 bits per heavy atom. The molecule has 0 amide bonds. The normalized spacial score (nSPS) is 10.4. The van der Waals surface area contributed by atoms with E-state index in [1.54, 1.807) is 12.1 Å². The van der Waals surface area contributed by atoms with Gasteiger partial charge < -0.3 is 4.74 Å². The number of ether oxygens (including phenoxy) is 1. The van der Waals surface area contributed by atoms with Gasteiger partial charge >= 0.3 is 0 Å². The Bertz CT molecular complexity index is 642. The molecule has 0 aliphatic rings. The summed E-state index contributed by atoms with van der Waals surface area (Å²) >= 11 is 19.8. The average molecular weight is 441 g/mol. The number of halogens is 4. The first-order valence-electron chi connectivity index (χ1n) is 5.53. The minimum Gasteiger partial charge on any atom is -0.484 e. The van der Waals surface area contributed by atoms with Gasteiger partial charge in [-0.25, -0.2) is 0 Å². The molecule has 6 heteroatoms. The highest BCUT2D eigenvalue weighted by Crippen LogP contribution is 2.33. The van der Waals surface area contributed by atoms with E-state index in [1.165, 1.54) is 12.1 Å². The maximum atomic E-state index is 12.0. The van der Waals surface area contributed by atoms with E-state index in [-0.39, 0.29) is 12.4 Å². The van der Waals surface area contributed by atoms with Gasteiger partial charge in [0.25, 0.3) is 0 Å². The SMILES string of the molecule is O=C(COc1cc(Cl)c(Cl)cc1Cl)c1ccc(I)cc1. The van der Waals surface area contributed by atoms with E-state index < -0.39 is 0 Å². The predicted molar refractivity (Wildman–Crippen MR) is 90.5 cm³/mol. The van der Waals surface area contributed by atoms with Crippen molar-refractivity contribution in [2.45, 2.75) is 0 Å². The second-order valence-corrected chi connectivity index (χ2v) is 6.38. The molecule has 2 nitrogen and oxygen atoms in total. The summed E-state index contributed by atoms with van der Waals surface area (Å²) in [5.41, 5.74) is 0.585. The first kappa shape index (κ1) is 15.9. The minimum atomic E-state index is -0.136. The van der Waals surface area contributed by atoms with E-state index in [0.717, 1.165) is 3.57 Å². The second-order valence-electron chi connectivity index (χ2n) is 3.92. The fraction of sp³-hybridized carbons (Fsp3) is 0.0714. The van der Waals surface area contributed by atoms with Gasteiger partial charge in [0.05, 0.1) is 15.1 Å². The molecule has 0 spiro atoms. The lowest BCUT2D eigenvalue weighted by atomic mass is 10.1. The number of hydrogen-bond donors (Lipinski definition) is 0. The van der Waals surface area contributed by atoms with Crippen LogP contribution in [0.25, 0.3) is 0 Å². The molecule has 0 aromatic heterocycles. The molecule has 0 unspecified atom stereocenters. The topological polar surface area (TPSA) is 26.3 Å². The molecular weight excluding hydrogens is 433 g/mol. The summed E-state index contributed by atoms with van der Waals surface area (Å²) < 4.78 is 6.46. The molecular formula is C14H8Cl3IO2. The van der Waals surface area contributed by atoms with Crippen LogP contribution in [-0.2, 0) is 0 Å². The Labute approximate surface area is 145 Å². The third-order valence-electron chi connectivity index (χ3n) is 2.50. The van der Waals surface area contributed by atoms with Crippen LogP contribution in [0.3, 0.4) is 0 Å². The maximum Gasteiger partial charge on any atom is 0.200 e. The van der Waals surface area contributed by atoms with Crippen LogP contribution in [0.1, 0.15) is 10.4 Å². The molecule has 20 heavy (non-hydrogen) atoms. The Balaban J connectivity index is 2.07. The molecule has 0 bridgehead atoms. The van der Waals surface area contributed by atoms with Crippen LogP contribution in [0.5, 0.6) is 5.75 Å². The summed E-state index contributed by atoms with van der Waals surface area (Å²) in [7, 11) is 0. The van der Waals surface area contributed by atoms with Crippen LogP contribution in [0.4, 0.5) is 0 Å². The van der Waals surface area contributed by atoms with Crippen LogP contribution in [0.2, 0.25) is 15.1 Å². The molecule has 0 heterocycles. The Morgan fingerprint density at radius 2 is 1.60 bits per heavy atom. The summed E-state index contributed by atoms with van der Waals surface area (Å²) in [5.74, 6) is 0.198. The zero-order chi connectivity index (χ0) is 14.7. The van der Waals surface area contributed by atoms with Crippen molar-refractivity contribution in [2.24, 2.45) is 0 Å². The summed E-state index contributed by atoms with van der Waals surface area (Å²) in [5, 5.41) is 0.982. The van der Waals surface area contributed by atoms with Crippen molar-refractivity contribution in [3.8, 4) is 5.75 Å². The molecule has 2 aromatic carbocycles. The molecule has 0 N–H and O–H groups in total. The van der Waals surface area contributed by atoms with Crippen molar-refractivity contribution in [3.05, 3.63) is 60.6 Å². The van der Waals surface area contributed by atoms with Crippen LogP contribution < -0.4 is 4.74 Å². The summed E-state index contributed by atoms with van der Waals surface area (Å²) in [4.78, 5) is 12.0. The zero-order valence-corrected chi connectivity index (χ0v) is 14.4. The number of carbonyl (C=O) groups is 1. The lowest BCUT2D eigenvalue weighted by molar-refractivity contribution is 0.0921. The van der Waals surface area contributed by atoms with Crippen LogP contribution in [0, 0.1) is 3.57 Å². The predicted octanol–water partition coefficient (Wildman–Crippen LogP) is 5.51. The van der Waals surface area contributed by atoms with Crippen molar-refractivity contribution < 1.29 is 9.53 Å². The number of Topliss-reactive ketones (excluding diaryl/α,β-unsaturated/α-hetero) is 1. The third kappa shape index (κ3) is 4.01.